The zero-order valence-electron chi connectivity index (χ0n) is 8.89. The first-order chi connectivity index (χ1) is 7.18. The van der Waals surface area contributed by atoms with E-state index < -0.39 is 7.12 Å². The van der Waals surface area contributed by atoms with Gasteiger partial charge in [0.25, 0.3) is 0 Å². The fourth-order valence-corrected chi connectivity index (χ4v) is 2.88. The maximum atomic E-state index is 9.05. The molecule has 0 bridgehead atoms. The van der Waals surface area contributed by atoms with Crippen LogP contribution in [0.15, 0.2) is 11.4 Å². The van der Waals surface area contributed by atoms with Crippen molar-refractivity contribution in [2.45, 2.75) is 32.2 Å². The fourth-order valence-electron chi connectivity index (χ4n) is 2.11. The minimum Gasteiger partial charge on any atom is -0.423 e. The molecule has 0 spiro atoms. The van der Waals surface area contributed by atoms with Crippen LogP contribution in [-0.2, 0) is 0 Å². The number of hydrogen-bond donors (Lipinski definition) is 2. The van der Waals surface area contributed by atoms with Gasteiger partial charge in [-0.3, -0.25) is 0 Å². The molecule has 1 atom stereocenters. The van der Waals surface area contributed by atoms with Crippen LogP contribution in [0.3, 0.4) is 0 Å². The largest absolute Gasteiger partial charge is 0.499 e. The van der Waals surface area contributed by atoms with E-state index in [1.54, 1.807) is 0 Å². The highest BCUT2D eigenvalue weighted by molar-refractivity contribution is 7.20. The molecule has 1 aliphatic rings. The van der Waals surface area contributed by atoms with E-state index in [0.29, 0.717) is 10.8 Å². The Morgan fingerprint density at radius 1 is 1.47 bits per heavy atom. The third kappa shape index (κ3) is 2.35. The van der Waals surface area contributed by atoms with Crippen LogP contribution in [-0.4, -0.2) is 29.8 Å². The predicted molar refractivity (Wildman–Crippen MR) is 64.8 cm³/mol. The first-order valence-electron chi connectivity index (χ1n) is 5.39. The summed E-state index contributed by atoms with van der Waals surface area (Å²) in [5.74, 6) is 0. The molecule has 1 saturated heterocycles. The molecule has 2 heterocycles. The second-order valence-corrected chi connectivity index (χ2v) is 5.06. The molecular formula is C10H16BNO2S. The van der Waals surface area contributed by atoms with E-state index in [2.05, 4.69) is 11.8 Å². The number of thiophene rings is 1. The average molecular weight is 225 g/mol. The van der Waals surface area contributed by atoms with Crippen molar-refractivity contribution in [3.8, 4) is 0 Å². The Kier molecular flexibility index (Phi) is 3.33. The van der Waals surface area contributed by atoms with Gasteiger partial charge in [0.2, 0.25) is 0 Å². The van der Waals surface area contributed by atoms with Crippen LogP contribution in [0.1, 0.15) is 26.2 Å². The van der Waals surface area contributed by atoms with Crippen molar-refractivity contribution < 1.29 is 10.0 Å². The summed E-state index contributed by atoms with van der Waals surface area (Å²) < 4.78 is 0.628. The maximum Gasteiger partial charge on any atom is 0.499 e. The lowest BCUT2D eigenvalue weighted by molar-refractivity contribution is 0.427. The highest BCUT2D eigenvalue weighted by Gasteiger charge is 2.21. The Hall–Kier alpha value is -0.515. The van der Waals surface area contributed by atoms with Gasteiger partial charge in [0.15, 0.2) is 0 Å². The Morgan fingerprint density at radius 3 is 2.87 bits per heavy atom. The van der Waals surface area contributed by atoms with Gasteiger partial charge in [-0.15, -0.1) is 0 Å². The molecule has 15 heavy (non-hydrogen) atoms. The van der Waals surface area contributed by atoms with Gasteiger partial charge in [-0.05, 0) is 32.3 Å². The SMILES string of the molecule is CC1CCCCN1c1csc(B(O)O)c1. The second kappa shape index (κ2) is 4.55. The third-order valence-corrected chi connectivity index (χ3v) is 3.96. The normalized spacial score (nSPS) is 21.8. The molecule has 0 aromatic carbocycles. The Labute approximate surface area is 94.5 Å². The molecule has 0 aliphatic carbocycles. The number of anilines is 1. The number of nitrogens with zero attached hydrogens (tertiary/aromatic N) is 1. The molecule has 0 amide bonds. The molecule has 1 aromatic rings. The molecule has 1 aromatic heterocycles. The predicted octanol–water partition coefficient (Wildman–Crippen LogP) is 0.807. The smallest absolute Gasteiger partial charge is 0.423 e. The molecule has 0 saturated carbocycles. The highest BCUT2D eigenvalue weighted by atomic mass is 32.1. The zero-order valence-corrected chi connectivity index (χ0v) is 9.70. The highest BCUT2D eigenvalue weighted by Crippen LogP contribution is 2.25. The average Bonchev–Trinajstić information content (AvgIpc) is 2.67. The van der Waals surface area contributed by atoms with Crippen LogP contribution < -0.4 is 9.68 Å². The van der Waals surface area contributed by atoms with Crippen LogP contribution in [0.25, 0.3) is 0 Å². The summed E-state index contributed by atoms with van der Waals surface area (Å²) in [6.45, 7) is 3.31. The summed E-state index contributed by atoms with van der Waals surface area (Å²) in [5, 5.41) is 20.1. The molecular weight excluding hydrogens is 209 g/mol. The van der Waals surface area contributed by atoms with Gasteiger partial charge in [0.05, 0.1) is 0 Å². The van der Waals surface area contributed by atoms with Crippen LogP contribution in [0.2, 0.25) is 0 Å². The van der Waals surface area contributed by atoms with Gasteiger partial charge in [-0.25, -0.2) is 0 Å². The van der Waals surface area contributed by atoms with Gasteiger partial charge >= 0.3 is 7.12 Å². The topological polar surface area (TPSA) is 43.7 Å². The molecule has 1 aliphatic heterocycles. The first-order valence-corrected chi connectivity index (χ1v) is 6.27. The summed E-state index contributed by atoms with van der Waals surface area (Å²) >= 11 is 1.41. The van der Waals surface area contributed by atoms with Crippen molar-refractivity contribution in [3.05, 3.63) is 11.4 Å². The Morgan fingerprint density at radius 2 is 2.27 bits per heavy atom. The lowest BCUT2D eigenvalue weighted by Gasteiger charge is -2.34. The summed E-state index contributed by atoms with van der Waals surface area (Å²) in [6, 6.07) is 2.45. The minimum absolute atomic E-state index is 0.567. The van der Waals surface area contributed by atoms with E-state index in [4.69, 9.17) is 10.0 Å². The van der Waals surface area contributed by atoms with E-state index in [9.17, 15) is 0 Å². The molecule has 1 fully saturated rings. The molecule has 82 valence electrons. The van der Waals surface area contributed by atoms with Crippen molar-refractivity contribution >= 4 is 28.9 Å². The Balaban J connectivity index is 2.13. The van der Waals surface area contributed by atoms with Crippen LogP contribution in [0.4, 0.5) is 5.69 Å². The van der Waals surface area contributed by atoms with E-state index >= 15 is 0 Å². The molecule has 5 heteroatoms. The van der Waals surface area contributed by atoms with Crippen LogP contribution in [0, 0.1) is 0 Å². The van der Waals surface area contributed by atoms with Gasteiger partial charge in [-0.1, -0.05) is 0 Å². The summed E-state index contributed by atoms with van der Waals surface area (Å²) in [6.07, 6.45) is 3.77. The van der Waals surface area contributed by atoms with E-state index in [1.165, 1.54) is 30.6 Å². The maximum absolute atomic E-state index is 9.05. The number of piperidine rings is 1. The fraction of sp³-hybridized carbons (Fsp3) is 0.600. The summed E-state index contributed by atoms with van der Waals surface area (Å²) in [5.41, 5.74) is 1.13. The number of rotatable bonds is 2. The van der Waals surface area contributed by atoms with Crippen LogP contribution in [0.5, 0.6) is 0 Å². The Bertz CT molecular complexity index is 329. The minimum atomic E-state index is -1.33. The van der Waals surface area contributed by atoms with Crippen molar-refractivity contribution in [2.75, 3.05) is 11.4 Å². The van der Waals surface area contributed by atoms with Crippen molar-refractivity contribution in [2.24, 2.45) is 0 Å². The molecule has 1 unspecified atom stereocenters. The monoisotopic (exact) mass is 225 g/mol. The molecule has 2 rings (SSSR count). The quantitative estimate of drug-likeness (QED) is 0.732. The molecule has 0 radical (unpaired) electrons. The van der Waals surface area contributed by atoms with E-state index in [1.807, 2.05) is 11.4 Å². The van der Waals surface area contributed by atoms with Crippen LogP contribution >= 0.6 is 11.3 Å². The lowest BCUT2D eigenvalue weighted by atomic mass is 9.89. The zero-order chi connectivity index (χ0) is 10.8. The molecule has 3 nitrogen and oxygen atoms in total. The lowest BCUT2D eigenvalue weighted by Crippen LogP contribution is -2.37. The van der Waals surface area contributed by atoms with Gasteiger partial charge in [0.1, 0.15) is 0 Å². The van der Waals surface area contributed by atoms with Crippen molar-refractivity contribution in [1.29, 1.82) is 0 Å². The summed E-state index contributed by atoms with van der Waals surface area (Å²) in [7, 11) is -1.33. The second-order valence-electron chi connectivity index (χ2n) is 4.12. The van der Waals surface area contributed by atoms with E-state index in [0.717, 1.165) is 12.2 Å². The molecule has 2 N–H and O–H groups in total. The van der Waals surface area contributed by atoms with Crippen molar-refractivity contribution in [1.82, 2.24) is 0 Å². The van der Waals surface area contributed by atoms with Gasteiger partial charge < -0.3 is 14.9 Å². The van der Waals surface area contributed by atoms with Gasteiger partial charge in [0, 0.05) is 28.4 Å². The standard InChI is InChI=1S/C10H16BNO2S/c1-8-4-2-3-5-12(8)9-6-10(11(13)14)15-7-9/h6-8,13-14H,2-5H2,1H3. The number of hydrogen-bond acceptors (Lipinski definition) is 4. The third-order valence-electron chi connectivity index (χ3n) is 2.99. The van der Waals surface area contributed by atoms with E-state index in [-0.39, 0.29) is 0 Å². The van der Waals surface area contributed by atoms with Gasteiger partial charge in [-0.2, -0.15) is 11.3 Å². The summed E-state index contributed by atoms with van der Waals surface area (Å²) in [4.78, 5) is 2.35. The van der Waals surface area contributed by atoms with Crippen molar-refractivity contribution in [3.63, 3.8) is 0 Å². The first kappa shape index (κ1) is 11.0.